The van der Waals surface area contributed by atoms with Gasteiger partial charge in [-0.3, -0.25) is 4.90 Å². The second kappa shape index (κ2) is 8.36. The lowest BCUT2D eigenvalue weighted by molar-refractivity contribution is -0.137. The highest BCUT2D eigenvalue weighted by atomic mass is 19.4. The number of aliphatic hydroxyl groups is 1. The number of hydrogen-bond donors (Lipinski definition) is 1. The van der Waals surface area contributed by atoms with Gasteiger partial charge in [-0.05, 0) is 55.2 Å². The van der Waals surface area contributed by atoms with Crippen LogP contribution in [0.3, 0.4) is 0 Å². The monoisotopic (exact) mass is 445 g/mol. The van der Waals surface area contributed by atoms with Crippen molar-refractivity contribution in [2.45, 2.75) is 50.2 Å². The van der Waals surface area contributed by atoms with E-state index < -0.39 is 35.5 Å². The molecule has 0 bridgehead atoms. The fourth-order valence-electron chi connectivity index (χ4n) is 4.60. The minimum absolute atomic E-state index is 0.0719. The summed E-state index contributed by atoms with van der Waals surface area (Å²) >= 11 is 0. The molecule has 1 saturated carbocycles. The number of halogens is 3. The van der Waals surface area contributed by atoms with Crippen molar-refractivity contribution in [3.63, 3.8) is 0 Å². The predicted octanol–water partition coefficient (Wildman–Crippen LogP) is 4.31. The lowest BCUT2D eigenvalue weighted by Gasteiger charge is -2.34. The molecule has 6 nitrogen and oxygen atoms in total. The van der Waals surface area contributed by atoms with Crippen LogP contribution in [0.2, 0.25) is 0 Å². The number of urea groups is 1. The van der Waals surface area contributed by atoms with Crippen LogP contribution in [-0.4, -0.2) is 41.3 Å². The number of carbonyl (C=O) groups is 1. The van der Waals surface area contributed by atoms with Crippen molar-refractivity contribution < 1.29 is 27.8 Å². The highest BCUT2D eigenvalue weighted by molar-refractivity contribution is 5.96. The van der Waals surface area contributed by atoms with Gasteiger partial charge < -0.3 is 14.7 Å². The summed E-state index contributed by atoms with van der Waals surface area (Å²) in [4.78, 5) is 16.4. The number of benzene rings is 2. The number of aliphatic hydroxyl groups excluding tert-OH is 1. The van der Waals surface area contributed by atoms with E-state index in [1.807, 2.05) is 12.1 Å². The van der Waals surface area contributed by atoms with Gasteiger partial charge in [-0.2, -0.15) is 18.4 Å². The van der Waals surface area contributed by atoms with Crippen LogP contribution in [0.1, 0.15) is 36.0 Å². The zero-order chi connectivity index (χ0) is 23.0. The average molecular weight is 445 g/mol. The summed E-state index contributed by atoms with van der Waals surface area (Å²) in [6.45, 7) is 0.291. The molecule has 1 unspecified atom stereocenters. The molecular formula is C23H22F3N3O3. The molecule has 32 heavy (non-hydrogen) atoms. The largest absolute Gasteiger partial charge is 0.497 e. The summed E-state index contributed by atoms with van der Waals surface area (Å²) in [7, 11) is 1.56. The van der Waals surface area contributed by atoms with Crippen LogP contribution in [0.5, 0.6) is 5.75 Å². The average Bonchev–Trinajstić information content (AvgIpc) is 3.03. The molecule has 168 valence electrons. The number of methoxy groups -OCH3 is 1. The van der Waals surface area contributed by atoms with Crippen LogP contribution < -0.4 is 9.64 Å². The van der Waals surface area contributed by atoms with Crippen LogP contribution in [0.15, 0.2) is 42.5 Å². The number of amides is 2. The summed E-state index contributed by atoms with van der Waals surface area (Å²) in [6.07, 6.45) is -4.02. The molecule has 2 fully saturated rings. The van der Waals surface area contributed by atoms with Gasteiger partial charge in [0.25, 0.3) is 0 Å². The minimum atomic E-state index is -4.72. The second-order valence-electron chi connectivity index (χ2n) is 8.07. The van der Waals surface area contributed by atoms with Gasteiger partial charge in [0.05, 0.1) is 42.5 Å². The van der Waals surface area contributed by atoms with Crippen molar-refractivity contribution in [1.29, 1.82) is 5.26 Å². The maximum absolute atomic E-state index is 13.5. The number of fused-ring (bicyclic) bond motifs is 1. The lowest BCUT2D eigenvalue weighted by Crippen LogP contribution is -2.44. The molecule has 1 saturated heterocycles. The van der Waals surface area contributed by atoms with E-state index in [0.29, 0.717) is 25.1 Å². The Kier molecular flexibility index (Phi) is 5.73. The Balaban J connectivity index is 1.70. The van der Waals surface area contributed by atoms with Crippen molar-refractivity contribution in [2.75, 3.05) is 12.0 Å². The van der Waals surface area contributed by atoms with Gasteiger partial charge in [-0.1, -0.05) is 12.1 Å². The Labute approximate surface area is 183 Å². The van der Waals surface area contributed by atoms with Crippen LogP contribution in [0.4, 0.5) is 23.7 Å². The normalized spacial score (nSPS) is 23.1. The molecule has 2 aromatic rings. The number of rotatable bonds is 4. The maximum atomic E-state index is 13.5. The van der Waals surface area contributed by atoms with E-state index in [1.165, 1.54) is 11.0 Å². The summed E-state index contributed by atoms with van der Waals surface area (Å²) in [6, 6.07) is 11.0. The highest BCUT2D eigenvalue weighted by Crippen LogP contribution is 2.41. The van der Waals surface area contributed by atoms with Crippen molar-refractivity contribution in [3.8, 4) is 11.8 Å². The van der Waals surface area contributed by atoms with Crippen LogP contribution in [0.25, 0.3) is 0 Å². The number of nitrogens with zero attached hydrogens (tertiary/aromatic N) is 3. The first-order chi connectivity index (χ1) is 15.2. The number of hydrogen-bond acceptors (Lipinski definition) is 4. The molecule has 1 heterocycles. The van der Waals surface area contributed by atoms with E-state index in [4.69, 9.17) is 10.00 Å². The van der Waals surface area contributed by atoms with Crippen LogP contribution >= 0.6 is 0 Å². The van der Waals surface area contributed by atoms with Crippen molar-refractivity contribution in [3.05, 3.63) is 59.2 Å². The van der Waals surface area contributed by atoms with E-state index in [-0.39, 0.29) is 18.2 Å². The third kappa shape index (κ3) is 3.98. The molecule has 2 aromatic carbocycles. The van der Waals surface area contributed by atoms with Crippen molar-refractivity contribution >= 4 is 11.7 Å². The number of carbonyl (C=O) groups excluding carboxylic acids is 1. The van der Waals surface area contributed by atoms with Gasteiger partial charge in [0.2, 0.25) is 0 Å². The zero-order valence-electron chi connectivity index (χ0n) is 17.3. The molecule has 1 aliphatic carbocycles. The van der Waals surface area contributed by atoms with E-state index >= 15 is 0 Å². The fraction of sp³-hybridized carbons (Fsp3) is 0.391. The molecule has 2 amide bonds. The summed E-state index contributed by atoms with van der Waals surface area (Å²) in [5.74, 6) is 0.680. The topological polar surface area (TPSA) is 76.8 Å². The Bertz CT molecular complexity index is 1050. The Morgan fingerprint density at radius 1 is 1.16 bits per heavy atom. The Hall–Kier alpha value is -3.25. The Morgan fingerprint density at radius 3 is 2.50 bits per heavy atom. The fourth-order valence-corrected chi connectivity index (χ4v) is 4.60. The molecule has 2 aliphatic rings. The smallest absolute Gasteiger partial charge is 0.417 e. The molecular weight excluding hydrogens is 423 g/mol. The van der Waals surface area contributed by atoms with Crippen molar-refractivity contribution in [1.82, 2.24) is 4.90 Å². The van der Waals surface area contributed by atoms with Crippen molar-refractivity contribution in [2.24, 2.45) is 0 Å². The third-order valence-corrected chi connectivity index (χ3v) is 6.16. The maximum Gasteiger partial charge on any atom is 0.417 e. The van der Waals surface area contributed by atoms with Gasteiger partial charge in [-0.15, -0.1) is 0 Å². The predicted molar refractivity (Wildman–Crippen MR) is 110 cm³/mol. The van der Waals surface area contributed by atoms with Gasteiger partial charge >= 0.3 is 12.2 Å². The van der Waals surface area contributed by atoms with Crippen LogP contribution in [-0.2, 0) is 12.7 Å². The van der Waals surface area contributed by atoms with Crippen LogP contribution in [0, 0.1) is 11.3 Å². The molecule has 4 rings (SSSR count). The lowest BCUT2D eigenvalue weighted by atomic mass is 9.87. The SMILES string of the molecule is COc1ccc(CN2C(=O)N(c3ccc(C#N)c(C(F)(F)F)c3)[C@@H]3CC(O)CC[C@H]32)cc1. The highest BCUT2D eigenvalue weighted by Gasteiger charge is 2.49. The number of alkyl halides is 3. The Morgan fingerprint density at radius 2 is 1.88 bits per heavy atom. The third-order valence-electron chi connectivity index (χ3n) is 6.16. The number of nitriles is 1. The first-order valence-corrected chi connectivity index (χ1v) is 10.2. The summed E-state index contributed by atoms with van der Waals surface area (Å²) in [5.41, 5.74) is -0.639. The van der Waals surface area contributed by atoms with Gasteiger partial charge in [0.1, 0.15) is 5.75 Å². The van der Waals surface area contributed by atoms with E-state index in [9.17, 15) is 23.1 Å². The minimum Gasteiger partial charge on any atom is -0.497 e. The summed E-state index contributed by atoms with van der Waals surface area (Å²) in [5, 5.41) is 19.3. The molecule has 9 heteroatoms. The molecule has 1 N–H and O–H groups in total. The molecule has 3 atom stereocenters. The molecule has 1 aliphatic heterocycles. The zero-order valence-corrected chi connectivity index (χ0v) is 17.3. The standard InChI is InChI=1S/C23H22F3N3O3/c1-32-18-7-2-14(3-8-18)13-28-20-9-6-17(30)11-21(20)29(22(28)31)16-5-4-15(12-27)19(10-16)23(24,25)26/h2-5,7-8,10,17,20-21,30H,6,9,11,13H2,1H3/t17?,20-,21-/m1/s1. The molecule has 0 aromatic heterocycles. The van der Waals surface area contributed by atoms with E-state index in [0.717, 1.165) is 17.7 Å². The van der Waals surface area contributed by atoms with E-state index in [2.05, 4.69) is 0 Å². The van der Waals surface area contributed by atoms with Gasteiger partial charge in [0, 0.05) is 12.2 Å². The van der Waals surface area contributed by atoms with Gasteiger partial charge in [-0.25, -0.2) is 4.79 Å². The first kappa shape index (κ1) is 22.0. The first-order valence-electron chi connectivity index (χ1n) is 10.2. The molecule has 0 spiro atoms. The second-order valence-corrected chi connectivity index (χ2v) is 8.07. The molecule has 0 radical (unpaired) electrons. The summed E-state index contributed by atoms with van der Waals surface area (Å²) < 4.78 is 45.7. The van der Waals surface area contributed by atoms with Gasteiger partial charge in [0.15, 0.2) is 0 Å². The number of anilines is 1. The quantitative estimate of drug-likeness (QED) is 0.761. The number of ether oxygens (including phenoxy) is 1. The van der Waals surface area contributed by atoms with E-state index in [1.54, 1.807) is 30.2 Å².